The Morgan fingerprint density at radius 2 is 2.15 bits per heavy atom. The van der Waals surface area contributed by atoms with E-state index in [1.807, 2.05) is 35.2 Å². The van der Waals surface area contributed by atoms with Gasteiger partial charge in [0.25, 0.3) is 0 Å². The number of benzene rings is 1. The second kappa shape index (κ2) is 7.13. The number of hydrogen-bond acceptors (Lipinski definition) is 2. The Morgan fingerprint density at radius 3 is 2.80 bits per heavy atom. The molecule has 0 radical (unpaired) electrons. The van der Waals surface area contributed by atoms with E-state index >= 15 is 0 Å². The lowest BCUT2D eigenvalue weighted by Crippen LogP contribution is -2.32. The van der Waals surface area contributed by atoms with Gasteiger partial charge in [-0.1, -0.05) is 25.1 Å². The molecule has 0 spiro atoms. The van der Waals surface area contributed by atoms with Crippen molar-refractivity contribution in [2.24, 2.45) is 5.92 Å². The van der Waals surface area contributed by atoms with Gasteiger partial charge in [-0.3, -0.25) is 4.79 Å². The normalized spacial score (nSPS) is 14.5. The van der Waals surface area contributed by atoms with Gasteiger partial charge < -0.3 is 9.64 Å². The van der Waals surface area contributed by atoms with Crippen molar-refractivity contribution in [1.82, 2.24) is 4.90 Å². The fraction of sp³-hybridized carbons (Fsp3) is 0.471. The predicted molar refractivity (Wildman–Crippen MR) is 81.6 cm³/mol. The number of amides is 1. The fourth-order valence-corrected chi connectivity index (χ4v) is 2.24. The van der Waals surface area contributed by atoms with Gasteiger partial charge in [0.1, 0.15) is 5.75 Å². The first-order valence-corrected chi connectivity index (χ1v) is 7.34. The van der Waals surface area contributed by atoms with E-state index in [0.717, 1.165) is 36.7 Å². The van der Waals surface area contributed by atoms with Crippen molar-refractivity contribution in [3.8, 4) is 5.75 Å². The van der Waals surface area contributed by atoms with Crippen LogP contribution in [0, 0.1) is 5.92 Å². The highest BCUT2D eigenvalue weighted by Crippen LogP contribution is 2.30. The summed E-state index contributed by atoms with van der Waals surface area (Å²) < 4.78 is 5.28. The molecule has 20 heavy (non-hydrogen) atoms. The SMILES string of the molecule is CCCN(CC1CC1)C(=O)/C=C/c1ccccc1OC. The molecule has 3 nitrogen and oxygen atoms in total. The predicted octanol–water partition coefficient (Wildman–Crippen LogP) is 3.36. The van der Waals surface area contributed by atoms with Crippen LogP contribution in [0.1, 0.15) is 31.7 Å². The lowest BCUT2D eigenvalue weighted by molar-refractivity contribution is -0.126. The molecule has 0 unspecified atom stereocenters. The summed E-state index contributed by atoms with van der Waals surface area (Å²) in [7, 11) is 1.64. The van der Waals surface area contributed by atoms with E-state index in [1.165, 1.54) is 12.8 Å². The van der Waals surface area contributed by atoms with E-state index in [9.17, 15) is 4.79 Å². The van der Waals surface area contributed by atoms with Crippen LogP contribution in [0.4, 0.5) is 0 Å². The Balaban J connectivity index is 2.01. The van der Waals surface area contributed by atoms with Gasteiger partial charge in [-0.15, -0.1) is 0 Å². The molecule has 0 aliphatic heterocycles. The van der Waals surface area contributed by atoms with Crippen LogP contribution in [-0.4, -0.2) is 31.0 Å². The van der Waals surface area contributed by atoms with Crippen LogP contribution in [0.5, 0.6) is 5.75 Å². The average molecular weight is 273 g/mol. The Labute approximate surface area is 121 Å². The van der Waals surface area contributed by atoms with E-state index < -0.39 is 0 Å². The molecular formula is C17H23NO2. The smallest absolute Gasteiger partial charge is 0.246 e. The average Bonchev–Trinajstić information content (AvgIpc) is 3.28. The van der Waals surface area contributed by atoms with Crippen LogP contribution in [0.15, 0.2) is 30.3 Å². The zero-order chi connectivity index (χ0) is 14.4. The molecule has 3 heteroatoms. The van der Waals surface area contributed by atoms with Gasteiger partial charge in [-0.05, 0) is 37.3 Å². The molecule has 1 aliphatic carbocycles. The molecule has 2 rings (SSSR count). The van der Waals surface area contributed by atoms with Crippen molar-refractivity contribution in [3.05, 3.63) is 35.9 Å². The lowest BCUT2D eigenvalue weighted by Gasteiger charge is -2.20. The summed E-state index contributed by atoms with van der Waals surface area (Å²) in [5.74, 6) is 1.62. The zero-order valence-corrected chi connectivity index (χ0v) is 12.3. The van der Waals surface area contributed by atoms with Crippen LogP contribution in [0.3, 0.4) is 0 Å². The summed E-state index contributed by atoms with van der Waals surface area (Å²) in [5.41, 5.74) is 0.936. The summed E-state index contributed by atoms with van der Waals surface area (Å²) in [6.45, 7) is 3.85. The van der Waals surface area contributed by atoms with Gasteiger partial charge in [-0.25, -0.2) is 0 Å². The molecule has 1 aromatic rings. The third-order valence-corrected chi connectivity index (χ3v) is 3.53. The molecule has 0 bridgehead atoms. The molecule has 1 fully saturated rings. The summed E-state index contributed by atoms with van der Waals surface area (Å²) >= 11 is 0. The van der Waals surface area contributed by atoms with E-state index in [1.54, 1.807) is 13.2 Å². The van der Waals surface area contributed by atoms with Crippen LogP contribution in [0.2, 0.25) is 0 Å². The second-order valence-corrected chi connectivity index (χ2v) is 5.30. The Bertz CT molecular complexity index is 478. The first-order valence-electron chi connectivity index (χ1n) is 7.34. The van der Waals surface area contributed by atoms with Crippen molar-refractivity contribution in [1.29, 1.82) is 0 Å². The first kappa shape index (κ1) is 14.6. The topological polar surface area (TPSA) is 29.5 Å². The molecule has 0 aromatic heterocycles. The standard InChI is InChI=1S/C17H23NO2/c1-3-12-18(13-14-8-9-14)17(19)11-10-15-6-4-5-7-16(15)20-2/h4-7,10-11,14H,3,8-9,12-13H2,1-2H3/b11-10+. The third-order valence-electron chi connectivity index (χ3n) is 3.53. The van der Waals surface area contributed by atoms with Gasteiger partial charge in [-0.2, -0.15) is 0 Å². The third kappa shape index (κ3) is 4.12. The first-order chi connectivity index (χ1) is 9.74. The monoisotopic (exact) mass is 273 g/mol. The Morgan fingerprint density at radius 1 is 1.40 bits per heavy atom. The van der Waals surface area contributed by atoms with Crippen molar-refractivity contribution in [2.75, 3.05) is 20.2 Å². The largest absolute Gasteiger partial charge is 0.496 e. The number of hydrogen-bond donors (Lipinski definition) is 0. The number of rotatable bonds is 7. The van der Waals surface area contributed by atoms with Gasteiger partial charge >= 0.3 is 0 Å². The minimum absolute atomic E-state index is 0.102. The quantitative estimate of drug-likeness (QED) is 0.713. The van der Waals surface area contributed by atoms with E-state index in [-0.39, 0.29) is 5.91 Å². The number of carbonyl (C=O) groups excluding carboxylic acids is 1. The second-order valence-electron chi connectivity index (χ2n) is 5.30. The molecule has 108 valence electrons. The van der Waals surface area contributed by atoms with Gasteiger partial charge in [0, 0.05) is 24.7 Å². The number of methoxy groups -OCH3 is 1. The molecule has 0 N–H and O–H groups in total. The summed E-state index contributed by atoms with van der Waals surface area (Å²) in [6.07, 6.45) is 7.04. The number of carbonyl (C=O) groups is 1. The summed E-state index contributed by atoms with van der Waals surface area (Å²) in [6, 6.07) is 7.72. The number of nitrogens with zero attached hydrogens (tertiary/aromatic N) is 1. The van der Waals surface area contributed by atoms with Crippen LogP contribution in [-0.2, 0) is 4.79 Å². The fourth-order valence-electron chi connectivity index (χ4n) is 2.24. The number of ether oxygens (including phenoxy) is 1. The summed E-state index contributed by atoms with van der Waals surface area (Å²) in [5, 5.41) is 0. The van der Waals surface area contributed by atoms with Crippen LogP contribution in [0.25, 0.3) is 6.08 Å². The maximum Gasteiger partial charge on any atom is 0.246 e. The lowest BCUT2D eigenvalue weighted by atomic mass is 10.2. The van der Waals surface area contributed by atoms with E-state index in [0.29, 0.717) is 0 Å². The minimum atomic E-state index is 0.102. The van der Waals surface area contributed by atoms with E-state index in [2.05, 4.69) is 6.92 Å². The molecular weight excluding hydrogens is 250 g/mol. The molecule has 0 saturated heterocycles. The highest BCUT2D eigenvalue weighted by Gasteiger charge is 2.25. The van der Waals surface area contributed by atoms with Crippen molar-refractivity contribution >= 4 is 12.0 Å². The maximum absolute atomic E-state index is 12.3. The number of para-hydroxylation sites is 1. The molecule has 0 atom stereocenters. The van der Waals surface area contributed by atoms with E-state index in [4.69, 9.17) is 4.74 Å². The van der Waals surface area contributed by atoms with Gasteiger partial charge in [0.05, 0.1) is 7.11 Å². The zero-order valence-electron chi connectivity index (χ0n) is 12.3. The maximum atomic E-state index is 12.3. The van der Waals surface area contributed by atoms with Crippen molar-refractivity contribution in [2.45, 2.75) is 26.2 Å². The highest BCUT2D eigenvalue weighted by atomic mass is 16.5. The molecule has 1 saturated carbocycles. The van der Waals surface area contributed by atoms with Gasteiger partial charge in [0.15, 0.2) is 0 Å². The van der Waals surface area contributed by atoms with Gasteiger partial charge in [0.2, 0.25) is 5.91 Å². The van der Waals surface area contributed by atoms with Crippen LogP contribution < -0.4 is 4.74 Å². The minimum Gasteiger partial charge on any atom is -0.496 e. The molecule has 0 heterocycles. The molecule has 1 aliphatic rings. The highest BCUT2D eigenvalue weighted by molar-refractivity contribution is 5.92. The summed E-state index contributed by atoms with van der Waals surface area (Å²) in [4.78, 5) is 14.2. The van der Waals surface area contributed by atoms with Crippen molar-refractivity contribution < 1.29 is 9.53 Å². The van der Waals surface area contributed by atoms with Crippen molar-refractivity contribution in [3.63, 3.8) is 0 Å². The Kier molecular flexibility index (Phi) is 5.22. The molecule has 1 aromatic carbocycles. The molecule has 1 amide bonds. The van der Waals surface area contributed by atoms with Crippen LogP contribution >= 0.6 is 0 Å². The Hall–Kier alpha value is -1.77.